The van der Waals surface area contributed by atoms with Gasteiger partial charge in [0, 0.05) is 14.4 Å². The molecular weight excluding hydrogens is 523 g/mol. The van der Waals surface area contributed by atoms with Gasteiger partial charge in [0.2, 0.25) is 0 Å². The van der Waals surface area contributed by atoms with Crippen molar-refractivity contribution in [3.05, 3.63) is 16.0 Å². The summed E-state index contributed by atoms with van der Waals surface area (Å²) in [6, 6.07) is 0. The average molecular weight is 575 g/mol. The zero-order valence-electron chi connectivity index (χ0n) is 25.2. The summed E-state index contributed by atoms with van der Waals surface area (Å²) in [7, 11) is -0.247. The summed E-state index contributed by atoms with van der Waals surface area (Å²) >= 11 is 6.19. The van der Waals surface area contributed by atoms with E-state index < -0.39 is 0 Å². The fourth-order valence-electron chi connectivity index (χ4n) is 5.58. The van der Waals surface area contributed by atoms with E-state index >= 15 is 0 Å². The number of hydrogen-bond donors (Lipinski definition) is 0. The van der Waals surface area contributed by atoms with Crippen LogP contribution in [-0.4, -0.2) is 18.3 Å². The first-order valence-electron chi connectivity index (χ1n) is 15.6. The van der Waals surface area contributed by atoms with Gasteiger partial charge in [-0.15, -0.1) is 34.0 Å². The zero-order chi connectivity index (χ0) is 27.3. The standard InChI is InChI=1S/C32H51BO2S3/c1-8-11-14-17-20-23-25(22-19-16-13-10-3)36-28-26(23)37-27-24(21-18-15-12-9-2)30(38-29(27)28)33-34-31(4,5)32(6,7)35-33/h8-22H2,1-7H3. The van der Waals surface area contributed by atoms with E-state index in [0.29, 0.717) is 0 Å². The molecular formula is C32H51BO2S3. The quantitative estimate of drug-likeness (QED) is 0.125. The van der Waals surface area contributed by atoms with Crippen LogP contribution in [0.4, 0.5) is 0 Å². The summed E-state index contributed by atoms with van der Waals surface area (Å²) in [5.74, 6) is 0. The highest BCUT2D eigenvalue weighted by Gasteiger charge is 2.53. The lowest BCUT2D eigenvalue weighted by Gasteiger charge is -2.32. The van der Waals surface area contributed by atoms with Crippen LogP contribution >= 0.6 is 34.0 Å². The van der Waals surface area contributed by atoms with Crippen molar-refractivity contribution in [1.29, 1.82) is 0 Å². The van der Waals surface area contributed by atoms with Crippen molar-refractivity contribution in [3.8, 4) is 0 Å². The van der Waals surface area contributed by atoms with Crippen molar-refractivity contribution in [2.24, 2.45) is 0 Å². The zero-order valence-corrected chi connectivity index (χ0v) is 27.7. The van der Waals surface area contributed by atoms with Gasteiger partial charge in [-0.3, -0.25) is 0 Å². The first kappa shape index (κ1) is 30.6. The van der Waals surface area contributed by atoms with Crippen LogP contribution < -0.4 is 4.78 Å². The smallest absolute Gasteiger partial charge is 0.399 e. The van der Waals surface area contributed by atoms with Crippen LogP contribution in [0.1, 0.15) is 142 Å². The van der Waals surface area contributed by atoms with Gasteiger partial charge in [-0.25, -0.2) is 0 Å². The molecule has 2 nitrogen and oxygen atoms in total. The molecule has 0 N–H and O–H groups in total. The van der Waals surface area contributed by atoms with Crippen LogP contribution in [0.2, 0.25) is 0 Å². The topological polar surface area (TPSA) is 18.5 Å². The molecule has 4 rings (SSSR count). The Morgan fingerprint density at radius 3 is 1.55 bits per heavy atom. The van der Waals surface area contributed by atoms with Gasteiger partial charge in [0.1, 0.15) is 0 Å². The van der Waals surface area contributed by atoms with Gasteiger partial charge in [0.25, 0.3) is 0 Å². The molecule has 0 bridgehead atoms. The van der Waals surface area contributed by atoms with Crippen molar-refractivity contribution in [3.63, 3.8) is 0 Å². The molecule has 3 aromatic rings. The Labute approximate surface area is 245 Å². The first-order chi connectivity index (χ1) is 18.2. The van der Waals surface area contributed by atoms with E-state index in [2.05, 4.69) is 71.1 Å². The molecule has 3 aromatic heterocycles. The average Bonchev–Trinajstić information content (AvgIpc) is 3.55. The Balaban J connectivity index is 1.72. The van der Waals surface area contributed by atoms with Gasteiger partial charge < -0.3 is 9.31 Å². The van der Waals surface area contributed by atoms with Crippen molar-refractivity contribution in [2.45, 2.75) is 156 Å². The molecule has 38 heavy (non-hydrogen) atoms. The van der Waals surface area contributed by atoms with Gasteiger partial charge in [-0.05, 0) is 77.3 Å². The minimum atomic E-state index is -0.301. The number of aryl methyl sites for hydroxylation is 3. The largest absolute Gasteiger partial charge is 0.505 e. The number of hydrogen-bond acceptors (Lipinski definition) is 5. The summed E-state index contributed by atoms with van der Waals surface area (Å²) in [4.78, 5) is 1.68. The fraction of sp³-hybridized carbons (Fsp3) is 0.750. The number of rotatable bonds is 16. The van der Waals surface area contributed by atoms with Gasteiger partial charge in [0.05, 0.1) is 25.3 Å². The SMILES string of the molecule is CCCCCCc1sc2c(sc3c(CCCCCC)c(B4OC(C)(C)C(C)(C)O4)sc32)c1CCCCCC. The lowest BCUT2D eigenvalue weighted by atomic mass is 9.83. The lowest BCUT2D eigenvalue weighted by molar-refractivity contribution is 0.00578. The summed E-state index contributed by atoms with van der Waals surface area (Å²) < 4.78 is 20.8. The van der Waals surface area contributed by atoms with E-state index in [0.717, 1.165) is 6.42 Å². The predicted molar refractivity (Wildman–Crippen MR) is 174 cm³/mol. The third-order valence-corrected chi connectivity index (χ3v) is 13.0. The third kappa shape index (κ3) is 6.56. The minimum absolute atomic E-state index is 0.247. The van der Waals surface area contributed by atoms with Crippen LogP contribution in [0.25, 0.3) is 18.8 Å². The van der Waals surface area contributed by atoms with E-state index in [4.69, 9.17) is 9.31 Å². The Morgan fingerprint density at radius 1 is 0.526 bits per heavy atom. The summed E-state index contributed by atoms with van der Waals surface area (Å²) in [5, 5.41) is 0. The van der Waals surface area contributed by atoms with E-state index in [1.54, 1.807) is 19.8 Å². The molecule has 0 aromatic carbocycles. The number of thiophene rings is 3. The highest BCUT2D eigenvalue weighted by atomic mass is 32.1. The van der Waals surface area contributed by atoms with Gasteiger partial charge >= 0.3 is 7.12 Å². The molecule has 0 amide bonds. The second-order valence-corrected chi connectivity index (χ2v) is 15.6. The van der Waals surface area contributed by atoms with E-state index in [1.807, 2.05) is 11.3 Å². The highest BCUT2D eigenvalue weighted by Crippen LogP contribution is 2.48. The lowest BCUT2D eigenvalue weighted by Crippen LogP contribution is -2.41. The molecule has 4 heterocycles. The van der Waals surface area contributed by atoms with E-state index in [9.17, 15) is 0 Å². The van der Waals surface area contributed by atoms with Gasteiger partial charge in [0.15, 0.2) is 0 Å². The maximum Gasteiger partial charge on any atom is 0.505 e. The summed E-state index contributed by atoms with van der Waals surface area (Å²) in [5.41, 5.74) is 2.61. The highest BCUT2D eigenvalue weighted by molar-refractivity contribution is 7.41. The fourth-order valence-corrected chi connectivity index (χ4v) is 10.2. The number of unbranched alkanes of at least 4 members (excludes halogenated alkanes) is 9. The van der Waals surface area contributed by atoms with E-state index in [-0.39, 0.29) is 18.3 Å². The van der Waals surface area contributed by atoms with Crippen molar-refractivity contribution >= 4 is 64.7 Å². The second kappa shape index (κ2) is 13.5. The van der Waals surface area contributed by atoms with Crippen LogP contribution in [0.3, 0.4) is 0 Å². The molecule has 0 aliphatic carbocycles. The minimum Gasteiger partial charge on any atom is -0.399 e. The van der Waals surface area contributed by atoms with Gasteiger partial charge in [-0.2, -0.15) is 0 Å². The van der Waals surface area contributed by atoms with Crippen LogP contribution in [0, 0.1) is 0 Å². The molecule has 0 atom stereocenters. The molecule has 0 saturated carbocycles. The van der Waals surface area contributed by atoms with Crippen LogP contribution in [0.5, 0.6) is 0 Å². The molecule has 6 heteroatoms. The Hall–Kier alpha value is -0.395. The maximum absolute atomic E-state index is 6.61. The Kier molecular flexibility index (Phi) is 10.9. The van der Waals surface area contributed by atoms with Crippen LogP contribution in [-0.2, 0) is 28.6 Å². The third-order valence-electron chi connectivity index (χ3n) is 8.73. The molecule has 1 saturated heterocycles. The molecule has 1 aliphatic rings. The molecule has 0 unspecified atom stereocenters. The molecule has 0 spiro atoms. The number of fused-ring (bicyclic) bond motifs is 3. The monoisotopic (exact) mass is 574 g/mol. The van der Waals surface area contributed by atoms with Gasteiger partial charge in [-0.1, -0.05) is 78.6 Å². The first-order valence-corrected chi connectivity index (χ1v) is 18.0. The van der Waals surface area contributed by atoms with Crippen molar-refractivity contribution < 1.29 is 9.31 Å². The normalized spacial score (nSPS) is 17.0. The Morgan fingerprint density at radius 2 is 1.00 bits per heavy atom. The predicted octanol–water partition coefficient (Wildman–Crippen LogP) is 10.8. The molecule has 1 fully saturated rings. The Bertz CT molecular complexity index is 1150. The van der Waals surface area contributed by atoms with E-state index in [1.165, 1.54) is 110 Å². The maximum atomic E-state index is 6.61. The summed E-state index contributed by atoms with van der Waals surface area (Å²) in [6.07, 6.45) is 19.5. The summed E-state index contributed by atoms with van der Waals surface area (Å²) in [6.45, 7) is 15.6. The molecule has 1 aliphatic heterocycles. The molecule has 212 valence electrons. The molecule has 0 radical (unpaired) electrons. The second-order valence-electron chi connectivity index (χ2n) is 12.4. The van der Waals surface area contributed by atoms with Crippen molar-refractivity contribution in [2.75, 3.05) is 0 Å². The van der Waals surface area contributed by atoms with Crippen LogP contribution in [0.15, 0.2) is 0 Å². The van der Waals surface area contributed by atoms with Crippen molar-refractivity contribution in [1.82, 2.24) is 0 Å².